The first-order valence-electron chi connectivity index (χ1n) is 9.67. The lowest BCUT2D eigenvalue weighted by molar-refractivity contribution is 0.295. The summed E-state index contributed by atoms with van der Waals surface area (Å²) < 4.78 is 0. The molecule has 0 unspecified atom stereocenters. The van der Waals surface area contributed by atoms with Crippen molar-refractivity contribution >= 4 is 0 Å². The highest BCUT2D eigenvalue weighted by molar-refractivity contribution is 4.80. The van der Waals surface area contributed by atoms with Crippen molar-refractivity contribution < 1.29 is 0 Å². The van der Waals surface area contributed by atoms with Gasteiger partial charge < -0.3 is 10.6 Å². The van der Waals surface area contributed by atoms with Crippen LogP contribution in [0, 0.1) is 0 Å². The van der Waals surface area contributed by atoms with Gasteiger partial charge in [0.2, 0.25) is 0 Å². The molecule has 0 aromatic rings. The van der Waals surface area contributed by atoms with Gasteiger partial charge in [-0.3, -0.25) is 0 Å². The standard InChI is InChI=1S/C10H21N.C10H23N/c1-10(2,3)11-9-7-5-4-6-8-9;1-5-6-7-8-9-11-10(2,3)4/h9,11H,4-8H2,1-3H3;11H,5-9H2,1-4H3. The second kappa shape index (κ2) is 11.5. The maximum Gasteiger partial charge on any atom is 0.00990 e. The van der Waals surface area contributed by atoms with Crippen LogP contribution in [0.15, 0.2) is 0 Å². The third-order valence-corrected chi connectivity index (χ3v) is 3.93. The molecule has 0 radical (unpaired) electrons. The van der Waals surface area contributed by atoms with Gasteiger partial charge in [0.15, 0.2) is 0 Å². The predicted octanol–water partition coefficient (Wildman–Crippen LogP) is 5.66. The molecule has 22 heavy (non-hydrogen) atoms. The molecule has 0 aromatic carbocycles. The molecule has 134 valence electrons. The number of nitrogens with one attached hydrogen (secondary N) is 2. The topological polar surface area (TPSA) is 24.1 Å². The van der Waals surface area contributed by atoms with Gasteiger partial charge in [-0.1, -0.05) is 45.4 Å². The zero-order valence-electron chi connectivity index (χ0n) is 16.6. The lowest BCUT2D eigenvalue weighted by Crippen LogP contribution is -2.44. The van der Waals surface area contributed by atoms with Crippen molar-refractivity contribution in [3.63, 3.8) is 0 Å². The fourth-order valence-corrected chi connectivity index (χ4v) is 2.87. The van der Waals surface area contributed by atoms with E-state index in [1.807, 2.05) is 0 Å². The second-order valence-electron chi connectivity index (χ2n) is 8.97. The molecule has 1 saturated carbocycles. The Kier molecular flexibility index (Phi) is 11.4. The van der Waals surface area contributed by atoms with Gasteiger partial charge in [-0.25, -0.2) is 0 Å². The van der Waals surface area contributed by atoms with E-state index in [0.717, 1.165) is 6.04 Å². The molecule has 0 spiro atoms. The Bertz CT molecular complexity index is 241. The molecule has 0 heterocycles. The molecule has 1 aliphatic carbocycles. The van der Waals surface area contributed by atoms with Gasteiger partial charge in [0.25, 0.3) is 0 Å². The van der Waals surface area contributed by atoms with Gasteiger partial charge in [0.05, 0.1) is 0 Å². The smallest absolute Gasteiger partial charge is 0.00990 e. The molecule has 0 aliphatic heterocycles. The van der Waals surface area contributed by atoms with Crippen molar-refractivity contribution in [3.05, 3.63) is 0 Å². The SMILES string of the molecule is CC(C)(C)NC1CCCCC1.CCCCCCNC(C)(C)C. The van der Waals surface area contributed by atoms with Crippen LogP contribution in [0.2, 0.25) is 0 Å². The molecule has 0 atom stereocenters. The van der Waals surface area contributed by atoms with Gasteiger partial charge in [-0.05, 0) is 67.3 Å². The minimum atomic E-state index is 0.298. The van der Waals surface area contributed by atoms with E-state index in [2.05, 4.69) is 59.1 Å². The maximum atomic E-state index is 3.66. The average Bonchev–Trinajstić information content (AvgIpc) is 2.37. The van der Waals surface area contributed by atoms with Crippen molar-refractivity contribution in [1.82, 2.24) is 10.6 Å². The Morgan fingerprint density at radius 2 is 1.36 bits per heavy atom. The molecule has 1 aliphatic rings. The fraction of sp³-hybridized carbons (Fsp3) is 1.00. The molecule has 1 rings (SSSR count). The third-order valence-electron chi connectivity index (χ3n) is 3.93. The highest BCUT2D eigenvalue weighted by atomic mass is 15.0. The summed E-state index contributed by atoms with van der Waals surface area (Å²) >= 11 is 0. The molecule has 2 heteroatoms. The van der Waals surface area contributed by atoms with Crippen LogP contribution in [-0.2, 0) is 0 Å². The maximum absolute atomic E-state index is 3.66. The summed E-state index contributed by atoms with van der Waals surface area (Å²) in [4.78, 5) is 0. The highest BCUT2D eigenvalue weighted by Gasteiger charge is 2.18. The monoisotopic (exact) mass is 312 g/mol. The average molecular weight is 313 g/mol. The van der Waals surface area contributed by atoms with Gasteiger partial charge in [0.1, 0.15) is 0 Å². The Labute approximate surface area is 141 Å². The minimum absolute atomic E-state index is 0.298. The summed E-state index contributed by atoms with van der Waals surface area (Å²) in [7, 11) is 0. The lowest BCUT2D eigenvalue weighted by atomic mass is 9.93. The quantitative estimate of drug-likeness (QED) is 0.618. The van der Waals surface area contributed by atoms with Crippen LogP contribution in [0.3, 0.4) is 0 Å². The fourth-order valence-electron chi connectivity index (χ4n) is 2.87. The van der Waals surface area contributed by atoms with Crippen LogP contribution in [0.1, 0.15) is 106 Å². The van der Waals surface area contributed by atoms with Gasteiger partial charge >= 0.3 is 0 Å². The van der Waals surface area contributed by atoms with Crippen LogP contribution in [0.25, 0.3) is 0 Å². The third kappa shape index (κ3) is 16.3. The van der Waals surface area contributed by atoms with E-state index in [-0.39, 0.29) is 0 Å². The summed E-state index contributed by atoms with van der Waals surface area (Å²) in [5, 5.41) is 7.14. The molecular formula is C20H44N2. The summed E-state index contributed by atoms with van der Waals surface area (Å²) in [6.07, 6.45) is 12.5. The Balaban J connectivity index is 0.000000401. The van der Waals surface area contributed by atoms with Gasteiger partial charge in [-0.15, -0.1) is 0 Å². The Morgan fingerprint density at radius 3 is 1.82 bits per heavy atom. The minimum Gasteiger partial charge on any atom is -0.312 e. The zero-order chi connectivity index (χ0) is 17.1. The second-order valence-corrected chi connectivity index (χ2v) is 8.97. The largest absolute Gasteiger partial charge is 0.312 e. The predicted molar refractivity (Wildman–Crippen MR) is 102 cm³/mol. The molecule has 0 amide bonds. The van der Waals surface area contributed by atoms with Gasteiger partial charge in [0, 0.05) is 17.1 Å². The van der Waals surface area contributed by atoms with E-state index in [1.54, 1.807) is 0 Å². The van der Waals surface area contributed by atoms with E-state index in [4.69, 9.17) is 0 Å². The molecule has 2 N–H and O–H groups in total. The van der Waals surface area contributed by atoms with Crippen LogP contribution >= 0.6 is 0 Å². The summed E-state index contributed by atoms with van der Waals surface area (Å²) in [5.41, 5.74) is 0.605. The molecular weight excluding hydrogens is 268 g/mol. The van der Waals surface area contributed by atoms with E-state index >= 15 is 0 Å². The highest BCUT2D eigenvalue weighted by Crippen LogP contribution is 2.19. The van der Waals surface area contributed by atoms with Crippen molar-refractivity contribution in [2.45, 2.75) is 123 Å². The van der Waals surface area contributed by atoms with Crippen LogP contribution in [0.4, 0.5) is 0 Å². The van der Waals surface area contributed by atoms with Crippen LogP contribution in [-0.4, -0.2) is 23.7 Å². The summed E-state index contributed by atoms with van der Waals surface area (Å²) in [6, 6.07) is 0.795. The zero-order valence-corrected chi connectivity index (χ0v) is 16.6. The molecule has 0 aromatic heterocycles. The normalized spacial score (nSPS) is 17.0. The van der Waals surface area contributed by atoms with Crippen molar-refractivity contribution in [2.24, 2.45) is 0 Å². The van der Waals surface area contributed by atoms with Crippen LogP contribution < -0.4 is 10.6 Å². The van der Waals surface area contributed by atoms with Crippen molar-refractivity contribution in [3.8, 4) is 0 Å². The van der Waals surface area contributed by atoms with Crippen LogP contribution in [0.5, 0.6) is 0 Å². The Morgan fingerprint density at radius 1 is 0.773 bits per heavy atom. The number of rotatable bonds is 6. The summed E-state index contributed by atoms with van der Waals surface area (Å²) in [6.45, 7) is 16.8. The number of unbranched alkanes of at least 4 members (excludes halogenated alkanes) is 3. The number of hydrogen-bond acceptors (Lipinski definition) is 2. The summed E-state index contributed by atoms with van der Waals surface area (Å²) in [5.74, 6) is 0. The first-order chi connectivity index (χ1) is 10.1. The Hall–Kier alpha value is -0.0800. The van der Waals surface area contributed by atoms with E-state index in [1.165, 1.54) is 64.3 Å². The molecule has 0 saturated heterocycles. The molecule has 2 nitrogen and oxygen atoms in total. The molecule has 1 fully saturated rings. The number of hydrogen-bond donors (Lipinski definition) is 2. The molecule has 0 bridgehead atoms. The van der Waals surface area contributed by atoms with E-state index in [9.17, 15) is 0 Å². The van der Waals surface area contributed by atoms with Gasteiger partial charge in [-0.2, -0.15) is 0 Å². The van der Waals surface area contributed by atoms with Crippen molar-refractivity contribution in [2.75, 3.05) is 6.54 Å². The van der Waals surface area contributed by atoms with E-state index in [0.29, 0.717) is 11.1 Å². The first-order valence-corrected chi connectivity index (χ1v) is 9.67. The first kappa shape index (κ1) is 21.9. The lowest BCUT2D eigenvalue weighted by Gasteiger charge is -2.31. The van der Waals surface area contributed by atoms with Crippen molar-refractivity contribution in [1.29, 1.82) is 0 Å². The van der Waals surface area contributed by atoms with E-state index < -0.39 is 0 Å².